The molecule has 2 aromatic carbocycles. The standard InChI is InChI=1S/C64H96N8O11/c1-10-42(4)58(69(7)64(81)57(41(2)3)68-63(80)59-48-30-31-50(43(48)5)71(59)34-18-11-12-20-37-73)52(82-8)39-56(77)70-36-21-24-51(70)60(83-9)44(6)61(78)67-49(38-45-22-15-13-16-23-45)62(79)66-47-28-26-46(27-29-47)40-65-53(74)25-17-14-19-35-72-54(75)32-33-55(72)76/h13,15-16,22-23,26-29,32-33,41-44,48-52,57-60,73H,10-12,14,17-21,24-25,30-31,34-40H2,1-9H3,(H,65,74)(H,66,79)(H,67,78)(H,68,80)/t42-,43-,44+,48-,49-,50-,51-,52+,57-,58-,59-,60+/m0/s1. The van der Waals surface area contributed by atoms with E-state index in [2.05, 4.69) is 33.1 Å². The molecule has 1 saturated carbocycles. The summed E-state index contributed by atoms with van der Waals surface area (Å²) in [5, 5.41) is 21.4. The zero-order chi connectivity index (χ0) is 60.3. The molecule has 83 heavy (non-hydrogen) atoms. The lowest BCUT2D eigenvalue weighted by atomic mass is 9.89. The Balaban J connectivity index is 1.05. The van der Waals surface area contributed by atoms with Crippen LogP contribution in [0.1, 0.15) is 143 Å². The number of likely N-dealkylation sites (tertiary alicyclic amines) is 2. The van der Waals surface area contributed by atoms with Gasteiger partial charge in [0.2, 0.25) is 35.4 Å². The van der Waals surface area contributed by atoms with Gasteiger partial charge in [-0.15, -0.1) is 0 Å². The Bertz CT molecular complexity index is 2490. The minimum absolute atomic E-state index is 0.0325. The van der Waals surface area contributed by atoms with Crippen molar-refractivity contribution in [2.75, 3.05) is 52.8 Å². The van der Waals surface area contributed by atoms with Gasteiger partial charge in [0.1, 0.15) is 12.1 Å². The number of unbranched alkanes of at least 4 members (excludes halogenated alkanes) is 5. The van der Waals surface area contributed by atoms with Gasteiger partial charge in [-0.05, 0) is 105 Å². The van der Waals surface area contributed by atoms with Crippen LogP contribution < -0.4 is 21.3 Å². The fourth-order valence-electron chi connectivity index (χ4n) is 13.2. The Morgan fingerprint density at radius 1 is 0.783 bits per heavy atom. The molecule has 3 heterocycles. The summed E-state index contributed by atoms with van der Waals surface area (Å²) in [6, 6.07) is 13.8. The van der Waals surface area contributed by atoms with Crippen LogP contribution in [-0.2, 0) is 60.8 Å². The molecule has 2 saturated heterocycles. The molecule has 0 unspecified atom stereocenters. The molecular formula is C64H96N8O11. The number of carbonyl (C=O) groups excluding carboxylic acids is 8. The van der Waals surface area contributed by atoms with Gasteiger partial charge in [-0.2, -0.15) is 0 Å². The van der Waals surface area contributed by atoms with Gasteiger partial charge in [0.15, 0.2) is 0 Å². The van der Waals surface area contributed by atoms with E-state index >= 15 is 0 Å². The number of anilines is 1. The van der Waals surface area contributed by atoms with E-state index in [1.54, 1.807) is 55.1 Å². The quantitative estimate of drug-likeness (QED) is 0.0391. The topological polar surface area (TPSA) is 236 Å². The van der Waals surface area contributed by atoms with Crippen LogP contribution in [0.4, 0.5) is 5.69 Å². The summed E-state index contributed by atoms with van der Waals surface area (Å²) >= 11 is 0. The summed E-state index contributed by atoms with van der Waals surface area (Å²) in [5.74, 6) is -2.59. The van der Waals surface area contributed by atoms with E-state index in [1.807, 2.05) is 58.0 Å². The van der Waals surface area contributed by atoms with E-state index in [9.17, 15) is 43.5 Å². The molecule has 458 valence electrons. The maximum absolute atomic E-state index is 14.8. The summed E-state index contributed by atoms with van der Waals surface area (Å²) in [6.07, 6.45) is 11.2. The minimum atomic E-state index is -0.976. The van der Waals surface area contributed by atoms with Gasteiger partial charge in [-0.25, -0.2) is 0 Å². The molecule has 19 heteroatoms. The largest absolute Gasteiger partial charge is 0.396 e. The van der Waals surface area contributed by atoms with Crippen molar-refractivity contribution in [3.8, 4) is 0 Å². The molecule has 8 amide bonds. The highest BCUT2D eigenvalue weighted by Gasteiger charge is 2.54. The third-order valence-corrected chi connectivity index (χ3v) is 18.2. The van der Waals surface area contributed by atoms with E-state index in [1.165, 1.54) is 24.2 Å². The molecule has 6 rings (SSSR count). The van der Waals surface area contributed by atoms with Crippen molar-refractivity contribution in [3.05, 3.63) is 77.9 Å². The van der Waals surface area contributed by atoms with Gasteiger partial charge in [-0.1, -0.05) is 110 Å². The van der Waals surface area contributed by atoms with Gasteiger partial charge < -0.3 is 45.6 Å². The number of nitrogens with one attached hydrogen (secondary N) is 4. The second-order valence-corrected chi connectivity index (χ2v) is 24.0. The monoisotopic (exact) mass is 1150 g/mol. The Kier molecular flexibility index (Phi) is 25.7. The molecule has 3 aliphatic heterocycles. The van der Waals surface area contributed by atoms with Crippen LogP contribution in [0, 0.1) is 29.6 Å². The number of amides is 8. The fourth-order valence-corrected chi connectivity index (χ4v) is 13.2. The van der Waals surface area contributed by atoms with Crippen LogP contribution in [0.2, 0.25) is 0 Å². The minimum Gasteiger partial charge on any atom is -0.396 e. The average molecular weight is 1150 g/mol. The number of piperidine rings is 1. The number of nitrogens with zero attached hydrogens (tertiary/aromatic N) is 4. The van der Waals surface area contributed by atoms with Crippen molar-refractivity contribution in [3.63, 3.8) is 0 Å². The van der Waals surface area contributed by atoms with Crippen molar-refractivity contribution in [1.29, 1.82) is 0 Å². The van der Waals surface area contributed by atoms with Crippen molar-refractivity contribution in [2.45, 2.75) is 193 Å². The maximum Gasteiger partial charge on any atom is 0.253 e. The zero-order valence-corrected chi connectivity index (χ0v) is 50.8. The molecule has 5 N–H and O–H groups in total. The maximum atomic E-state index is 14.8. The number of carbonyl (C=O) groups is 8. The molecule has 0 radical (unpaired) electrons. The van der Waals surface area contributed by atoms with E-state index in [0.717, 1.165) is 56.2 Å². The van der Waals surface area contributed by atoms with Gasteiger partial charge >= 0.3 is 0 Å². The molecule has 4 aliphatic rings. The van der Waals surface area contributed by atoms with Crippen LogP contribution >= 0.6 is 0 Å². The van der Waals surface area contributed by atoms with Gasteiger partial charge in [-0.3, -0.25) is 48.2 Å². The predicted octanol–water partition coefficient (Wildman–Crippen LogP) is 6.17. The molecule has 1 aliphatic carbocycles. The molecule has 0 spiro atoms. The van der Waals surface area contributed by atoms with E-state index in [0.29, 0.717) is 75.7 Å². The van der Waals surface area contributed by atoms with Crippen molar-refractivity contribution < 1.29 is 52.9 Å². The number of hydrogen-bond acceptors (Lipinski definition) is 12. The highest BCUT2D eigenvalue weighted by Crippen LogP contribution is 2.47. The van der Waals surface area contributed by atoms with Crippen molar-refractivity contribution in [1.82, 2.24) is 35.6 Å². The van der Waals surface area contributed by atoms with E-state index in [-0.39, 0.29) is 85.2 Å². The third-order valence-electron chi connectivity index (χ3n) is 18.2. The molecule has 12 atom stereocenters. The summed E-state index contributed by atoms with van der Waals surface area (Å²) < 4.78 is 12.3. The Hall–Kier alpha value is -6.02. The lowest BCUT2D eigenvalue weighted by molar-refractivity contribution is -0.148. The Morgan fingerprint density at radius 3 is 2.11 bits per heavy atom. The van der Waals surface area contributed by atoms with Crippen LogP contribution in [0.25, 0.3) is 0 Å². The number of rotatable bonds is 34. The Labute approximate surface area is 492 Å². The molecule has 3 fully saturated rings. The molecular weight excluding hydrogens is 1060 g/mol. The molecule has 19 nitrogen and oxygen atoms in total. The average Bonchev–Trinajstić information content (AvgIpc) is 2.51. The molecule has 0 aromatic heterocycles. The first kappa shape index (κ1) is 66.1. The highest BCUT2D eigenvalue weighted by atomic mass is 16.5. The summed E-state index contributed by atoms with van der Waals surface area (Å²) in [4.78, 5) is 116. The number of methoxy groups -OCH3 is 2. The zero-order valence-electron chi connectivity index (χ0n) is 50.8. The van der Waals surface area contributed by atoms with Gasteiger partial charge in [0, 0.05) is 84.2 Å². The number of likely N-dealkylation sites (N-methyl/N-ethyl adjacent to an activating group) is 1. The predicted molar refractivity (Wildman–Crippen MR) is 318 cm³/mol. The van der Waals surface area contributed by atoms with Gasteiger partial charge in [0.05, 0.1) is 42.7 Å². The molecule has 2 aromatic rings. The van der Waals surface area contributed by atoms with E-state index in [4.69, 9.17) is 9.47 Å². The fraction of sp³-hybridized carbons (Fsp3) is 0.656. The number of hydrogen-bond donors (Lipinski definition) is 5. The SMILES string of the molecule is CC[C@H](C)[C@@H]([C@@H](CC(=O)N1CCC[C@H]1[C@H](OC)[C@@H](C)C(=O)N[C@@H](Cc1ccccc1)C(=O)Nc1ccc(CNC(=O)CCCCCN2C(=O)C=CC2=O)cc1)OC)N(C)C(=O)[C@@H](NC(=O)[C@@H]1[C@H]2CC[C@@H]([C@H]2C)N1CCCCCCO)C(C)C. The lowest BCUT2D eigenvalue weighted by Crippen LogP contribution is -2.60. The van der Waals surface area contributed by atoms with Crippen LogP contribution in [0.5, 0.6) is 0 Å². The van der Waals surface area contributed by atoms with Crippen LogP contribution in [-0.4, -0.2) is 168 Å². The lowest BCUT2D eigenvalue weighted by Gasteiger charge is -2.41. The number of ether oxygens (including phenoxy) is 2. The van der Waals surface area contributed by atoms with Crippen molar-refractivity contribution >= 4 is 52.9 Å². The smallest absolute Gasteiger partial charge is 0.253 e. The summed E-state index contributed by atoms with van der Waals surface area (Å²) in [5.41, 5.74) is 2.16. The number of aliphatic hydroxyl groups excluding tert-OH is 1. The first-order valence-corrected chi connectivity index (χ1v) is 30.7. The third kappa shape index (κ3) is 17.5. The summed E-state index contributed by atoms with van der Waals surface area (Å²) in [7, 11) is 4.84. The second-order valence-electron chi connectivity index (χ2n) is 24.0. The number of imide groups is 1. The van der Waals surface area contributed by atoms with Crippen LogP contribution in [0.3, 0.4) is 0 Å². The van der Waals surface area contributed by atoms with E-state index < -0.39 is 54.1 Å². The number of fused-ring (bicyclic) bond motifs is 2. The van der Waals surface area contributed by atoms with Gasteiger partial charge in [0.25, 0.3) is 11.8 Å². The number of benzene rings is 2. The molecule has 2 bridgehead atoms. The summed E-state index contributed by atoms with van der Waals surface area (Å²) in [6.45, 7) is 14.0. The second kappa shape index (κ2) is 32.3. The highest BCUT2D eigenvalue weighted by molar-refractivity contribution is 6.12. The normalized spacial score (nSPS) is 22.0. The first-order valence-electron chi connectivity index (χ1n) is 30.7. The van der Waals surface area contributed by atoms with Crippen LogP contribution in [0.15, 0.2) is 66.7 Å². The Morgan fingerprint density at radius 2 is 1.46 bits per heavy atom. The first-order chi connectivity index (χ1) is 39.8. The van der Waals surface area contributed by atoms with Crippen molar-refractivity contribution in [2.24, 2.45) is 29.6 Å². The number of aliphatic hydroxyl groups is 1.